The molecule has 2 rings (SSSR count). The molecule has 0 spiro atoms. The fourth-order valence-corrected chi connectivity index (χ4v) is 3.98. The summed E-state index contributed by atoms with van der Waals surface area (Å²) in [5.74, 6) is 3.67. The minimum Gasteiger partial charge on any atom is -0.396 e. The third-order valence-corrected chi connectivity index (χ3v) is 4.68. The topological polar surface area (TPSA) is 40.5 Å². The maximum atomic E-state index is 9.38. The van der Waals surface area contributed by atoms with Gasteiger partial charge in [0.15, 0.2) is 0 Å². The Morgan fingerprint density at radius 2 is 1.71 bits per heavy atom. The van der Waals surface area contributed by atoms with E-state index >= 15 is 0 Å². The van der Waals surface area contributed by atoms with Gasteiger partial charge < -0.3 is 10.2 Å². The van der Waals surface area contributed by atoms with Gasteiger partial charge >= 0.3 is 0 Å². The zero-order valence-electron chi connectivity index (χ0n) is 9.19. The van der Waals surface area contributed by atoms with E-state index in [-0.39, 0.29) is 13.2 Å². The molecule has 0 aliphatic heterocycles. The first kappa shape index (κ1) is 10.4. The molecule has 0 aromatic heterocycles. The fraction of sp³-hybridized carbons (Fsp3) is 1.00. The molecule has 2 bridgehead atoms. The predicted molar refractivity (Wildman–Crippen MR) is 55.7 cm³/mol. The first-order valence-electron chi connectivity index (χ1n) is 5.90. The van der Waals surface area contributed by atoms with E-state index in [0.717, 1.165) is 11.8 Å². The standard InChI is InChI=1S/C12H22O2/c1-7(2)9-3-8-4-10(9)12(6-14)11(8)5-13/h7-14H,3-6H2,1-2H3. The molecule has 14 heavy (non-hydrogen) atoms. The maximum Gasteiger partial charge on any atom is 0.0465 e. The molecule has 2 aliphatic rings. The Bertz CT molecular complexity index is 202. The third kappa shape index (κ3) is 1.40. The summed E-state index contributed by atoms with van der Waals surface area (Å²) in [6, 6.07) is 0. The lowest BCUT2D eigenvalue weighted by Gasteiger charge is -2.35. The SMILES string of the molecule is CC(C)C1CC2CC1C(CO)C2CO. The van der Waals surface area contributed by atoms with Crippen LogP contribution in [-0.4, -0.2) is 23.4 Å². The van der Waals surface area contributed by atoms with Crippen LogP contribution in [0, 0.1) is 35.5 Å². The number of rotatable bonds is 3. The van der Waals surface area contributed by atoms with Crippen molar-refractivity contribution in [3.05, 3.63) is 0 Å². The molecule has 82 valence electrons. The summed E-state index contributed by atoms with van der Waals surface area (Å²) in [6.45, 7) is 5.12. The van der Waals surface area contributed by atoms with Gasteiger partial charge in [0.1, 0.15) is 0 Å². The summed E-state index contributed by atoms with van der Waals surface area (Å²) in [6.07, 6.45) is 2.53. The number of fused-ring (bicyclic) bond motifs is 2. The van der Waals surface area contributed by atoms with E-state index in [4.69, 9.17) is 0 Å². The monoisotopic (exact) mass is 198 g/mol. The molecule has 5 atom stereocenters. The molecular formula is C12H22O2. The molecular weight excluding hydrogens is 176 g/mol. The molecule has 2 nitrogen and oxygen atoms in total. The van der Waals surface area contributed by atoms with Crippen LogP contribution in [0.2, 0.25) is 0 Å². The lowest BCUT2D eigenvalue weighted by Crippen LogP contribution is -2.34. The highest BCUT2D eigenvalue weighted by Crippen LogP contribution is 2.56. The molecule has 0 radical (unpaired) electrons. The molecule has 2 N–H and O–H groups in total. The van der Waals surface area contributed by atoms with E-state index in [9.17, 15) is 10.2 Å². The average molecular weight is 198 g/mol. The quantitative estimate of drug-likeness (QED) is 0.721. The molecule has 0 aromatic carbocycles. The van der Waals surface area contributed by atoms with Crippen LogP contribution < -0.4 is 0 Å². The van der Waals surface area contributed by atoms with Gasteiger partial charge in [0.05, 0.1) is 0 Å². The highest BCUT2D eigenvalue weighted by atomic mass is 16.3. The van der Waals surface area contributed by atoms with E-state index < -0.39 is 0 Å². The zero-order chi connectivity index (χ0) is 10.3. The van der Waals surface area contributed by atoms with Crippen molar-refractivity contribution in [3.8, 4) is 0 Å². The van der Waals surface area contributed by atoms with E-state index in [1.54, 1.807) is 0 Å². The Labute approximate surface area is 86.3 Å². The molecule has 2 aliphatic carbocycles. The van der Waals surface area contributed by atoms with E-state index in [1.165, 1.54) is 12.8 Å². The van der Waals surface area contributed by atoms with E-state index in [0.29, 0.717) is 23.7 Å². The molecule has 2 heteroatoms. The smallest absolute Gasteiger partial charge is 0.0465 e. The molecule has 0 saturated heterocycles. The van der Waals surface area contributed by atoms with Gasteiger partial charge in [-0.15, -0.1) is 0 Å². The van der Waals surface area contributed by atoms with Gasteiger partial charge in [-0.1, -0.05) is 13.8 Å². The van der Waals surface area contributed by atoms with Crippen LogP contribution in [0.3, 0.4) is 0 Å². The van der Waals surface area contributed by atoms with Gasteiger partial charge in [-0.25, -0.2) is 0 Å². The lowest BCUT2D eigenvalue weighted by atomic mass is 9.71. The van der Waals surface area contributed by atoms with Gasteiger partial charge in [-0.05, 0) is 48.3 Å². The van der Waals surface area contributed by atoms with Gasteiger partial charge in [-0.3, -0.25) is 0 Å². The average Bonchev–Trinajstić information content (AvgIpc) is 2.72. The maximum absolute atomic E-state index is 9.38. The Hall–Kier alpha value is -0.0800. The Balaban J connectivity index is 2.10. The van der Waals surface area contributed by atoms with Crippen molar-refractivity contribution in [2.75, 3.05) is 13.2 Å². The van der Waals surface area contributed by atoms with Crippen molar-refractivity contribution in [1.82, 2.24) is 0 Å². The van der Waals surface area contributed by atoms with Gasteiger partial charge in [-0.2, -0.15) is 0 Å². The second-order valence-corrected chi connectivity index (χ2v) is 5.50. The lowest BCUT2D eigenvalue weighted by molar-refractivity contribution is 0.0430. The van der Waals surface area contributed by atoms with Crippen molar-refractivity contribution < 1.29 is 10.2 Å². The van der Waals surface area contributed by atoms with Gasteiger partial charge in [0.25, 0.3) is 0 Å². The second kappa shape index (κ2) is 3.82. The first-order valence-corrected chi connectivity index (χ1v) is 5.90. The van der Waals surface area contributed by atoms with E-state index in [1.807, 2.05) is 0 Å². The summed E-state index contributed by atoms with van der Waals surface area (Å²) in [5, 5.41) is 18.7. The van der Waals surface area contributed by atoms with Crippen molar-refractivity contribution in [2.45, 2.75) is 26.7 Å². The minimum absolute atomic E-state index is 0.273. The Morgan fingerprint density at radius 3 is 2.21 bits per heavy atom. The van der Waals surface area contributed by atoms with Crippen LogP contribution >= 0.6 is 0 Å². The van der Waals surface area contributed by atoms with E-state index in [2.05, 4.69) is 13.8 Å². The predicted octanol–water partition coefficient (Wildman–Crippen LogP) is 1.52. The van der Waals surface area contributed by atoms with Crippen LogP contribution in [0.5, 0.6) is 0 Å². The third-order valence-electron chi connectivity index (χ3n) is 4.68. The summed E-state index contributed by atoms with van der Waals surface area (Å²) < 4.78 is 0. The number of aliphatic hydroxyl groups is 2. The number of hydrogen-bond donors (Lipinski definition) is 2. The molecule has 0 amide bonds. The molecule has 0 aromatic rings. The van der Waals surface area contributed by atoms with Crippen LogP contribution in [0.25, 0.3) is 0 Å². The fourth-order valence-electron chi connectivity index (χ4n) is 3.98. The van der Waals surface area contributed by atoms with Crippen LogP contribution in [0.15, 0.2) is 0 Å². The highest BCUT2D eigenvalue weighted by Gasteiger charge is 2.52. The van der Waals surface area contributed by atoms with Gasteiger partial charge in [0, 0.05) is 13.2 Å². The van der Waals surface area contributed by atoms with Crippen LogP contribution in [0.4, 0.5) is 0 Å². The van der Waals surface area contributed by atoms with Crippen LogP contribution in [-0.2, 0) is 0 Å². The molecule has 0 heterocycles. The Morgan fingerprint density at radius 1 is 1.07 bits per heavy atom. The molecule has 5 unspecified atom stereocenters. The van der Waals surface area contributed by atoms with Crippen molar-refractivity contribution in [3.63, 3.8) is 0 Å². The first-order chi connectivity index (χ1) is 6.69. The van der Waals surface area contributed by atoms with Crippen LogP contribution in [0.1, 0.15) is 26.7 Å². The molecule has 2 saturated carbocycles. The second-order valence-electron chi connectivity index (χ2n) is 5.50. The van der Waals surface area contributed by atoms with Crippen molar-refractivity contribution in [1.29, 1.82) is 0 Å². The van der Waals surface area contributed by atoms with Gasteiger partial charge in [0.2, 0.25) is 0 Å². The zero-order valence-corrected chi connectivity index (χ0v) is 9.19. The summed E-state index contributed by atoms with van der Waals surface area (Å²) >= 11 is 0. The minimum atomic E-state index is 0.273. The largest absolute Gasteiger partial charge is 0.396 e. The van der Waals surface area contributed by atoms with Crippen molar-refractivity contribution in [2.24, 2.45) is 35.5 Å². The Kier molecular flexibility index (Phi) is 2.85. The highest BCUT2D eigenvalue weighted by molar-refractivity contribution is 5.00. The number of aliphatic hydroxyl groups excluding tert-OH is 2. The molecule has 2 fully saturated rings. The normalized spacial score (nSPS) is 46.5. The number of hydrogen-bond acceptors (Lipinski definition) is 2. The van der Waals surface area contributed by atoms with Crippen molar-refractivity contribution >= 4 is 0 Å². The summed E-state index contributed by atoms with van der Waals surface area (Å²) in [5.41, 5.74) is 0. The summed E-state index contributed by atoms with van der Waals surface area (Å²) in [4.78, 5) is 0. The summed E-state index contributed by atoms with van der Waals surface area (Å²) in [7, 11) is 0.